The summed E-state index contributed by atoms with van der Waals surface area (Å²) in [4.78, 5) is 8.49. The third kappa shape index (κ3) is 8.01. The molecule has 0 saturated carbocycles. The molecule has 6 rings (SSSR count). The Morgan fingerprint density at radius 2 is 1.57 bits per heavy atom. The largest absolute Gasteiger partial charge is 0.554 e. The molecular weight excluding hydrogens is 733 g/mol. The van der Waals surface area contributed by atoms with Gasteiger partial charge < -0.3 is 14.4 Å². The predicted octanol–water partition coefficient (Wildman–Crippen LogP) is 9.47. The summed E-state index contributed by atoms with van der Waals surface area (Å²) in [5, 5.41) is 1.24. The fourth-order valence-corrected chi connectivity index (χ4v) is 6.93. The monoisotopic (exact) mass is 786 g/mol. The minimum absolute atomic E-state index is 0. The summed E-state index contributed by atoms with van der Waals surface area (Å²) in [7, 11) is -2.16. The number of fused-ring (bicyclic) bond motifs is 3. The maximum Gasteiger partial charge on any atom is 0.274 e. The van der Waals surface area contributed by atoms with Gasteiger partial charge in [0.15, 0.2) is 0 Å². The number of aromatic nitrogens is 2. The Hall–Kier alpha value is -3.37. The molecule has 44 heavy (non-hydrogen) atoms. The molecule has 0 fully saturated rings. The minimum Gasteiger partial charge on any atom is -0.554 e. The van der Waals surface area contributed by atoms with E-state index in [9.17, 15) is 0 Å². The Morgan fingerprint density at radius 1 is 0.818 bits per heavy atom. The van der Waals surface area contributed by atoms with Gasteiger partial charge in [0.05, 0.1) is 0 Å². The van der Waals surface area contributed by atoms with Gasteiger partial charge in [0, 0.05) is 53.3 Å². The number of hydrogen-bond acceptors (Lipinski definition) is 3. The first-order valence-corrected chi connectivity index (χ1v) is 17.0. The van der Waals surface area contributed by atoms with Crippen molar-refractivity contribution >= 4 is 13.5 Å². The molecule has 3 nitrogen and oxygen atoms in total. The van der Waals surface area contributed by atoms with Crippen LogP contribution in [0.5, 0.6) is 5.75 Å². The van der Waals surface area contributed by atoms with E-state index in [0.717, 1.165) is 16.9 Å². The summed E-state index contributed by atoms with van der Waals surface area (Å²) >= 11 is 0. The number of nitrogens with zero attached hydrogens (tertiary/aromatic N) is 2. The van der Waals surface area contributed by atoms with Crippen molar-refractivity contribution in [3.63, 3.8) is 0 Å². The second-order valence-corrected chi connectivity index (χ2v) is 16.0. The van der Waals surface area contributed by atoms with Crippen molar-refractivity contribution in [2.45, 2.75) is 67.2 Å². The maximum absolute atomic E-state index is 8.75. The Balaban J connectivity index is 0.000000274. The van der Waals surface area contributed by atoms with Gasteiger partial charge in [-0.1, -0.05) is 86.8 Å². The summed E-state index contributed by atoms with van der Waals surface area (Å²) in [6.07, 6.45) is 0.937. The first-order chi connectivity index (χ1) is 24.8. The number of benzene rings is 3. The molecule has 0 bridgehead atoms. The number of hydrogen-bond donors (Lipinski definition) is 0. The van der Waals surface area contributed by atoms with E-state index in [2.05, 4.69) is 47.3 Å². The van der Waals surface area contributed by atoms with Gasteiger partial charge in [-0.25, -0.2) is 0 Å². The van der Waals surface area contributed by atoms with E-state index < -0.39 is 35.2 Å². The van der Waals surface area contributed by atoms with Crippen LogP contribution in [0.2, 0.25) is 13.1 Å². The average Bonchev–Trinajstić information content (AvgIpc) is 3.06. The molecule has 0 aliphatic carbocycles. The third-order valence-electron chi connectivity index (χ3n) is 6.99. The van der Waals surface area contributed by atoms with Crippen LogP contribution in [0, 0.1) is 38.1 Å². The average molecular weight is 786 g/mol. The molecule has 0 spiro atoms. The maximum atomic E-state index is 8.75. The standard InChI is InChI=1S/C26H30NOSi.C13H12N.Ir/c1-18-17-27-23(15-19(18)13-14-26(2,3)4)20-11-12-21-22-9-7-8-10-25(22)29(5,6)28-24(21)16-20;1-10-3-6-12(7-4-10)13-8-5-11(2)9-14-13;/h7-10,12,15-17H,13-14H2,1-6H3;3-6,8-9H,1-2H3;/q2*-1;/i1D3,13D2;1D3,2D3;. The molecule has 1 radical (unpaired) electrons. The molecule has 5 aromatic rings. The molecule has 0 atom stereocenters. The van der Waals surface area contributed by atoms with Gasteiger partial charge in [0.2, 0.25) is 0 Å². The first-order valence-electron chi connectivity index (χ1n) is 19.6. The van der Waals surface area contributed by atoms with E-state index in [1.807, 2.05) is 45.0 Å². The second-order valence-electron chi connectivity index (χ2n) is 12.2. The zero-order valence-corrected chi connectivity index (χ0v) is 28.8. The molecule has 0 N–H and O–H groups in total. The molecule has 0 amide bonds. The Bertz CT molecular complexity index is 2070. The van der Waals surface area contributed by atoms with Gasteiger partial charge in [0.25, 0.3) is 8.32 Å². The first kappa shape index (κ1) is 21.4. The van der Waals surface area contributed by atoms with Crippen molar-refractivity contribution in [3.8, 4) is 39.4 Å². The van der Waals surface area contributed by atoms with Crippen LogP contribution < -0.4 is 9.61 Å². The van der Waals surface area contributed by atoms with Crippen molar-refractivity contribution < 1.29 is 39.6 Å². The molecule has 1 aliphatic heterocycles. The molecule has 5 heteroatoms. The van der Waals surface area contributed by atoms with Crippen molar-refractivity contribution in [1.82, 2.24) is 9.97 Å². The van der Waals surface area contributed by atoms with Crippen LogP contribution >= 0.6 is 0 Å². The molecule has 0 saturated heterocycles. The summed E-state index contributed by atoms with van der Waals surface area (Å²) < 4.78 is 91.4. The molecule has 0 unspecified atom stereocenters. The molecule has 3 heterocycles. The quantitative estimate of drug-likeness (QED) is 0.135. The van der Waals surface area contributed by atoms with Crippen LogP contribution in [-0.2, 0) is 26.5 Å². The smallest absolute Gasteiger partial charge is 0.274 e. The molecule has 3 aromatic carbocycles. The fourth-order valence-electron chi connectivity index (χ4n) is 4.73. The Morgan fingerprint density at radius 3 is 2.25 bits per heavy atom. The Kier molecular flexibility index (Phi) is 6.67. The zero-order valence-electron chi connectivity index (χ0n) is 36.4. The van der Waals surface area contributed by atoms with E-state index in [1.165, 1.54) is 35.8 Å². The predicted molar refractivity (Wildman–Crippen MR) is 182 cm³/mol. The van der Waals surface area contributed by atoms with E-state index in [-0.39, 0.29) is 54.2 Å². The summed E-state index contributed by atoms with van der Waals surface area (Å²) in [6.45, 7) is 3.35. The van der Waals surface area contributed by atoms with E-state index in [4.69, 9.17) is 19.5 Å². The van der Waals surface area contributed by atoms with Crippen LogP contribution in [0.4, 0.5) is 0 Å². The molecule has 229 valence electrons. The van der Waals surface area contributed by atoms with Gasteiger partial charge in [-0.2, -0.15) is 0 Å². The van der Waals surface area contributed by atoms with Gasteiger partial charge in [-0.05, 0) is 72.7 Å². The van der Waals surface area contributed by atoms with Crippen molar-refractivity contribution in [1.29, 1.82) is 0 Å². The molecular formula is C39H42IrN2OSi-2. The topological polar surface area (TPSA) is 35.0 Å². The number of pyridine rings is 2. The van der Waals surface area contributed by atoms with Gasteiger partial charge >= 0.3 is 0 Å². The van der Waals surface area contributed by atoms with Crippen LogP contribution in [0.3, 0.4) is 0 Å². The SMILES string of the molecule is [2H]C([2H])([2H])c1c[c-]c(-c2ccc(C([2H])([2H])[2H])cn2)cc1.[2H]C([2H])([2H])c1cnc(-c2[c-]cc3c(c2)O[Si](C)(C)c2ccccc2-3)cc1C([2H])([2H])CC(C)(C)C.[Ir]. The molecule has 2 aromatic heterocycles. The van der Waals surface area contributed by atoms with Crippen molar-refractivity contribution in [2.75, 3.05) is 0 Å². The molecule has 1 aliphatic rings. The number of rotatable bonds is 4. The van der Waals surface area contributed by atoms with Gasteiger partial charge in [-0.3, -0.25) is 0 Å². The summed E-state index contributed by atoms with van der Waals surface area (Å²) in [6, 6.07) is 27.3. The van der Waals surface area contributed by atoms with Crippen LogP contribution in [0.25, 0.3) is 33.6 Å². The second kappa shape index (κ2) is 13.7. The summed E-state index contributed by atoms with van der Waals surface area (Å²) in [5.41, 5.74) is 4.56. The van der Waals surface area contributed by atoms with Crippen molar-refractivity contribution in [2.24, 2.45) is 5.41 Å². The Labute approximate surface area is 294 Å². The van der Waals surface area contributed by atoms with Crippen molar-refractivity contribution in [3.05, 3.63) is 120 Å². The van der Waals surface area contributed by atoms with Crippen LogP contribution in [-0.4, -0.2) is 18.3 Å². The fraction of sp³-hybridized carbons (Fsp3) is 0.282. The van der Waals surface area contributed by atoms with Crippen LogP contribution in [0.15, 0.2) is 85.2 Å². The minimum atomic E-state index is -2.46. The zero-order chi connectivity index (χ0) is 40.1. The van der Waals surface area contributed by atoms with Gasteiger partial charge in [0.1, 0.15) is 0 Å². The van der Waals surface area contributed by atoms with E-state index in [1.54, 1.807) is 18.2 Å². The van der Waals surface area contributed by atoms with Crippen LogP contribution in [0.1, 0.15) is 64.5 Å². The van der Waals surface area contributed by atoms with E-state index in [0.29, 0.717) is 22.5 Å². The summed E-state index contributed by atoms with van der Waals surface area (Å²) in [5.74, 6) is 0.755. The third-order valence-corrected chi connectivity index (χ3v) is 9.45. The normalized spacial score (nSPS) is 17.8. The van der Waals surface area contributed by atoms with Gasteiger partial charge in [-0.15, -0.1) is 59.2 Å². The van der Waals surface area contributed by atoms with E-state index >= 15 is 0 Å². The number of aryl methyl sites for hydroxylation is 4.